The molecular formula is C35H38BrN3O. The molecule has 0 bridgehead atoms. The molecule has 1 saturated heterocycles. The van der Waals surface area contributed by atoms with Gasteiger partial charge in [-0.15, -0.1) is 0 Å². The predicted octanol–water partition coefficient (Wildman–Crippen LogP) is 6.80. The van der Waals surface area contributed by atoms with E-state index in [9.17, 15) is 4.79 Å². The van der Waals surface area contributed by atoms with Crippen LogP contribution in [0.15, 0.2) is 120 Å². The number of nitrogens with zero attached hydrogens (tertiary/aromatic N) is 3. The highest BCUT2D eigenvalue weighted by molar-refractivity contribution is 9.10. The second-order valence-corrected chi connectivity index (χ2v) is 11.8. The number of carbonyl (C=O) groups excluding carboxylic acids is 1. The summed E-state index contributed by atoms with van der Waals surface area (Å²) in [6.07, 6.45) is 1.64. The number of carbonyl (C=O) groups is 1. The largest absolute Gasteiger partial charge is 0.336 e. The van der Waals surface area contributed by atoms with E-state index in [1.165, 1.54) is 22.3 Å². The standard InChI is InChI=1S/C35H38BrN3O/c1-37-20-21-38(25-28-12-5-2-6-13-28)35(40)34(37)24-33(23-31-18-11-19-32(36)22-31)39(26-29-14-7-3-8-15-29)27-30-16-9-4-10-17-30/h2-19,22,33-34H,20-21,23-27H2,1H3/t33-,34-/m0/s1. The Morgan fingerprint density at radius 2 is 1.30 bits per heavy atom. The van der Waals surface area contributed by atoms with Gasteiger partial charge in [0.25, 0.3) is 0 Å². The number of rotatable bonds is 11. The van der Waals surface area contributed by atoms with E-state index in [-0.39, 0.29) is 18.0 Å². The minimum absolute atomic E-state index is 0.163. The normalized spacial score (nSPS) is 16.8. The molecule has 1 aliphatic heterocycles. The van der Waals surface area contributed by atoms with Gasteiger partial charge in [-0.2, -0.15) is 0 Å². The van der Waals surface area contributed by atoms with E-state index in [0.717, 1.165) is 43.5 Å². The quantitative estimate of drug-likeness (QED) is 0.191. The van der Waals surface area contributed by atoms with Crippen LogP contribution in [0.2, 0.25) is 0 Å². The molecule has 1 fully saturated rings. The zero-order valence-electron chi connectivity index (χ0n) is 23.2. The van der Waals surface area contributed by atoms with Gasteiger partial charge in [-0.25, -0.2) is 0 Å². The lowest BCUT2D eigenvalue weighted by atomic mass is 9.94. The first kappa shape index (κ1) is 28.3. The highest BCUT2D eigenvalue weighted by atomic mass is 79.9. The van der Waals surface area contributed by atoms with E-state index in [0.29, 0.717) is 6.54 Å². The van der Waals surface area contributed by atoms with E-state index >= 15 is 0 Å². The van der Waals surface area contributed by atoms with Crippen molar-refractivity contribution in [2.24, 2.45) is 0 Å². The minimum Gasteiger partial charge on any atom is -0.336 e. The Morgan fingerprint density at radius 1 is 0.750 bits per heavy atom. The highest BCUT2D eigenvalue weighted by Crippen LogP contribution is 2.25. The van der Waals surface area contributed by atoms with Crippen molar-refractivity contribution in [1.82, 2.24) is 14.7 Å². The lowest BCUT2D eigenvalue weighted by Gasteiger charge is -2.42. The Hall–Kier alpha value is -3.25. The second-order valence-electron chi connectivity index (χ2n) is 10.8. The van der Waals surface area contributed by atoms with E-state index in [1.807, 2.05) is 18.2 Å². The van der Waals surface area contributed by atoms with Crippen molar-refractivity contribution < 1.29 is 4.79 Å². The number of halogens is 1. The number of hydrogen-bond acceptors (Lipinski definition) is 3. The van der Waals surface area contributed by atoms with Crippen molar-refractivity contribution in [2.75, 3.05) is 20.1 Å². The number of amides is 1. The van der Waals surface area contributed by atoms with Crippen LogP contribution in [0.4, 0.5) is 0 Å². The van der Waals surface area contributed by atoms with Crippen molar-refractivity contribution >= 4 is 21.8 Å². The first-order valence-electron chi connectivity index (χ1n) is 14.1. The molecule has 0 radical (unpaired) electrons. The smallest absolute Gasteiger partial charge is 0.240 e. The van der Waals surface area contributed by atoms with Crippen molar-refractivity contribution in [2.45, 2.75) is 44.6 Å². The van der Waals surface area contributed by atoms with Gasteiger partial charge in [0, 0.05) is 43.2 Å². The van der Waals surface area contributed by atoms with Crippen LogP contribution in [-0.2, 0) is 30.8 Å². The fraction of sp³-hybridized carbons (Fsp3) is 0.286. The molecule has 0 N–H and O–H groups in total. The molecule has 2 atom stereocenters. The summed E-state index contributed by atoms with van der Waals surface area (Å²) in [4.78, 5) is 20.9. The number of likely N-dealkylation sites (N-methyl/N-ethyl adjacent to an activating group) is 1. The fourth-order valence-electron chi connectivity index (χ4n) is 5.69. The number of hydrogen-bond donors (Lipinski definition) is 0. The lowest BCUT2D eigenvalue weighted by molar-refractivity contribution is -0.142. The van der Waals surface area contributed by atoms with Gasteiger partial charge in [0.1, 0.15) is 0 Å². The molecule has 5 rings (SSSR count). The molecule has 4 nitrogen and oxygen atoms in total. The molecule has 0 saturated carbocycles. The van der Waals surface area contributed by atoms with Crippen molar-refractivity contribution in [3.63, 3.8) is 0 Å². The maximum atomic E-state index is 14.0. The molecule has 0 spiro atoms. The number of benzene rings is 4. The monoisotopic (exact) mass is 595 g/mol. The zero-order chi connectivity index (χ0) is 27.7. The molecule has 4 aromatic carbocycles. The van der Waals surface area contributed by atoms with E-state index in [1.54, 1.807) is 0 Å². The van der Waals surface area contributed by atoms with Gasteiger partial charge in [-0.3, -0.25) is 14.6 Å². The predicted molar refractivity (Wildman–Crippen MR) is 167 cm³/mol. The maximum Gasteiger partial charge on any atom is 0.240 e. The van der Waals surface area contributed by atoms with E-state index in [2.05, 4.69) is 135 Å². The van der Waals surface area contributed by atoms with Crippen LogP contribution in [0.25, 0.3) is 0 Å². The molecule has 4 aromatic rings. The van der Waals surface area contributed by atoms with Gasteiger partial charge < -0.3 is 4.90 Å². The molecule has 40 heavy (non-hydrogen) atoms. The summed E-state index contributed by atoms with van der Waals surface area (Å²) in [5.74, 6) is 0.233. The van der Waals surface area contributed by atoms with E-state index < -0.39 is 0 Å². The Bertz CT molecular complexity index is 1310. The Balaban J connectivity index is 1.44. The van der Waals surface area contributed by atoms with Crippen molar-refractivity contribution in [3.8, 4) is 0 Å². The van der Waals surface area contributed by atoms with Gasteiger partial charge in [0.15, 0.2) is 0 Å². The lowest BCUT2D eigenvalue weighted by Crippen LogP contribution is -2.57. The molecule has 5 heteroatoms. The molecule has 1 aliphatic rings. The van der Waals surface area contributed by atoms with Crippen LogP contribution in [0.1, 0.15) is 28.7 Å². The van der Waals surface area contributed by atoms with Gasteiger partial charge in [-0.1, -0.05) is 119 Å². The summed E-state index contributed by atoms with van der Waals surface area (Å²) in [6, 6.07) is 40.3. The maximum absolute atomic E-state index is 14.0. The molecule has 206 valence electrons. The van der Waals surface area contributed by atoms with Crippen molar-refractivity contribution in [3.05, 3.63) is 142 Å². The first-order chi connectivity index (χ1) is 19.5. The Morgan fingerprint density at radius 3 is 1.88 bits per heavy atom. The first-order valence-corrected chi connectivity index (χ1v) is 14.9. The average molecular weight is 597 g/mol. The molecule has 0 aromatic heterocycles. The van der Waals surface area contributed by atoms with Crippen LogP contribution < -0.4 is 0 Å². The van der Waals surface area contributed by atoms with Crippen LogP contribution >= 0.6 is 15.9 Å². The molecule has 1 heterocycles. The molecule has 0 aliphatic carbocycles. The minimum atomic E-state index is -0.163. The van der Waals surface area contributed by atoms with Gasteiger partial charge in [0.2, 0.25) is 5.91 Å². The van der Waals surface area contributed by atoms with Crippen LogP contribution in [0.5, 0.6) is 0 Å². The number of piperazine rings is 1. The average Bonchev–Trinajstić information content (AvgIpc) is 2.97. The van der Waals surface area contributed by atoms with Crippen LogP contribution in [0, 0.1) is 0 Å². The van der Waals surface area contributed by atoms with Gasteiger partial charge >= 0.3 is 0 Å². The highest BCUT2D eigenvalue weighted by Gasteiger charge is 2.36. The second kappa shape index (κ2) is 13.9. The SMILES string of the molecule is CN1CCN(Cc2ccccc2)C(=O)[C@@H]1C[C@H](Cc1cccc(Br)c1)N(Cc1ccccc1)Cc1ccccc1. The molecule has 0 unspecified atom stereocenters. The summed E-state index contributed by atoms with van der Waals surface area (Å²) >= 11 is 3.67. The topological polar surface area (TPSA) is 26.8 Å². The Labute approximate surface area is 247 Å². The van der Waals surface area contributed by atoms with Crippen LogP contribution in [-0.4, -0.2) is 52.8 Å². The Kier molecular flexibility index (Phi) is 9.82. The van der Waals surface area contributed by atoms with Gasteiger partial charge in [-0.05, 0) is 54.3 Å². The molecular weight excluding hydrogens is 558 g/mol. The third-order valence-corrected chi connectivity index (χ3v) is 8.39. The van der Waals surface area contributed by atoms with Crippen LogP contribution in [0.3, 0.4) is 0 Å². The summed E-state index contributed by atoms with van der Waals surface area (Å²) in [5.41, 5.74) is 5.02. The third kappa shape index (κ3) is 7.69. The summed E-state index contributed by atoms with van der Waals surface area (Å²) in [6.45, 7) is 3.95. The summed E-state index contributed by atoms with van der Waals surface area (Å²) < 4.78 is 1.08. The van der Waals surface area contributed by atoms with E-state index in [4.69, 9.17) is 0 Å². The fourth-order valence-corrected chi connectivity index (χ4v) is 6.14. The molecule has 1 amide bonds. The third-order valence-electron chi connectivity index (χ3n) is 7.90. The summed E-state index contributed by atoms with van der Waals surface area (Å²) in [5, 5.41) is 0. The zero-order valence-corrected chi connectivity index (χ0v) is 24.8. The van der Waals surface area contributed by atoms with Crippen molar-refractivity contribution in [1.29, 1.82) is 0 Å². The van der Waals surface area contributed by atoms with Gasteiger partial charge in [0.05, 0.1) is 6.04 Å². The summed E-state index contributed by atoms with van der Waals surface area (Å²) in [7, 11) is 2.11.